The van der Waals surface area contributed by atoms with E-state index in [9.17, 15) is 4.79 Å². The molecule has 0 aliphatic carbocycles. The molecule has 0 saturated carbocycles. The maximum absolute atomic E-state index is 9.76. The van der Waals surface area contributed by atoms with Crippen LogP contribution in [-0.2, 0) is 4.79 Å². The Labute approximate surface area is 73.4 Å². The SMILES string of the molecule is CC(C)(N)O.CCCCC(=O)O. The Bertz CT molecular complexity index is 112. The lowest BCUT2D eigenvalue weighted by Crippen LogP contribution is -2.30. The molecule has 0 aromatic carbocycles. The lowest BCUT2D eigenvalue weighted by molar-refractivity contribution is -0.137. The predicted octanol–water partition coefficient (Wildman–Crippen LogP) is 0.935. The number of carbonyl (C=O) groups is 1. The van der Waals surface area contributed by atoms with Crippen molar-refractivity contribution in [3.8, 4) is 0 Å². The van der Waals surface area contributed by atoms with Crippen LogP contribution < -0.4 is 5.73 Å². The Kier molecular flexibility index (Phi) is 8.21. The fraction of sp³-hybridized carbons (Fsp3) is 0.875. The van der Waals surface area contributed by atoms with Crippen LogP contribution in [0.3, 0.4) is 0 Å². The van der Waals surface area contributed by atoms with E-state index in [-0.39, 0.29) is 0 Å². The minimum absolute atomic E-state index is 0.316. The zero-order valence-electron chi connectivity index (χ0n) is 8.00. The van der Waals surface area contributed by atoms with Gasteiger partial charge in [-0.2, -0.15) is 0 Å². The summed E-state index contributed by atoms with van der Waals surface area (Å²) in [7, 11) is 0. The minimum Gasteiger partial charge on any atom is -0.481 e. The van der Waals surface area contributed by atoms with Gasteiger partial charge in [0.25, 0.3) is 0 Å². The van der Waals surface area contributed by atoms with Gasteiger partial charge in [-0.05, 0) is 20.3 Å². The number of aliphatic carboxylic acids is 1. The molecule has 0 aliphatic heterocycles. The van der Waals surface area contributed by atoms with Crippen molar-refractivity contribution in [2.75, 3.05) is 0 Å². The second-order valence-electron chi connectivity index (χ2n) is 3.15. The fourth-order valence-electron chi connectivity index (χ4n) is 0.328. The molecule has 0 aromatic heterocycles. The number of nitrogens with two attached hydrogens (primary N) is 1. The van der Waals surface area contributed by atoms with Crippen LogP contribution in [0, 0.1) is 0 Å². The Hall–Kier alpha value is -0.610. The van der Waals surface area contributed by atoms with Gasteiger partial charge in [0.1, 0.15) is 5.72 Å². The molecule has 4 N–H and O–H groups in total. The molecule has 0 aromatic rings. The van der Waals surface area contributed by atoms with E-state index in [0.29, 0.717) is 6.42 Å². The second-order valence-corrected chi connectivity index (χ2v) is 3.15. The van der Waals surface area contributed by atoms with E-state index in [4.69, 9.17) is 15.9 Å². The number of aliphatic hydroxyl groups is 1. The van der Waals surface area contributed by atoms with Crippen LogP contribution in [0.15, 0.2) is 0 Å². The summed E-state index contributed by atoms with van der Waals surface area (Å²) in [5.74, 6) is -0.693. The molecule has 74 valence electrons. The standard InChI is InChI=1S/C5H10O2.C3H9NO/c1-2-3-4-5(6)7;1-3(2,4)5/h2-4H2,1H3,(H,6,7);5H,4H2,1-2H3. The van der Waals surface area contributed by atoms with Crippen LogP contribution in [0.1, 0.15) is 40.0 Å². The molecule has 12 heavy (non-hydrogen) atoms. The van der Waals surface area contributed by atoms with Gasteiger partial charge in [-0.15, -0.1) is 0 Å². The highest BCUT2D eigenvalue weighted by atomic mass is 16.4. The molecule has 0 rings (SSSR count). The first-order chi connectivity index (χ1) is 5.27. The molecule has 0 unspecified atom stereocenters. The number of hydrogen-bond acceptors (Lipinski definition) is 3. The van der Waals surface area contributed by atoms with Gasteiger partial charge >= 0.3 is 5.97 Å². The van der Waals surface area contributed by atoms with E-state index in [1.165, 1.54) is 13.8 Å². The van der Waals surface area contributed by atoms with Gasteiger partial charge in [-0.3, -0.25) is 4.79 Å². The largest absolute Gasteiger partial charge is 0.481 e. The first-order valence-electron chi connectivity index (χ1n) is 4.00. The lowest BCUT2D eigenvalue weighted by atomic mass is 10.3. The molecule has 0 saturated heterocycles. The van der Waals surface area contributed by atoms with E-state index in [1.54, 1.807) is 0 Å². The highest BCUT2D eigenvalue weighted by Crippen LogP contribution is 1.91. The quantitative estimate of drug-likeness (QED) is 0.560. The summed E-state index contributed by atoms with van der Waals surface area (Å²) in [6.07, 6.45) is 2.08. The summed E-state index contributed by atoms with van der Waals surface area (Å²) in [5, 5.41) is 16.3. The van der Waals surface area contributed by atoms with Gasteiger partial charge in [-0.1, -0.05) is 13.3 Å². The summed E-state index contributed by atoms with van der Waals surface area (Å²) >= 11 is 0. The zero-order valence-corrected chi connectivity index (χ0v) is 8.00. The van der Waals surface area contributed by atoms with Gasteiger partial charge in [-0.25, -0.2) is 0 Å². The summed E-state index contributed by atoms with van der Waals surface area (Å²) in [6, 6.07) is 0. The van der Waals surface area contributed by atoms with Gasteiger partial charge in [0, 0.05) is 6.42 Å². The fourth-order valence-corrected chi connectivity index (χ4v) is 0.328. The van der Waals surface area contributed by atoms with E-state index in [1.807, 2.05) is 6.92 Å². The molecule has 0 bridgehead atoms. The van der Waals surface area contributed by atoms with Crippen molar-refractivity contribution in [2.45, 2.75) is 45.8 Å². The summed E-state index contributed by atoms with van der Waals surface area (Å²) in [6.45, 7) is 5.02. The van der Waals surface area contributed by atoms with Crippen molar-refractivity contribution in [3.05, 3.63) is 0 Å². The summed E-state index contributed by atoms with van der Waals surface area (Å²) < 4.78 is 0. The first-order valence-corrected chi connectivity index (χ1v) is 4.00. The Morgan fingerprint density at radius 3 is 1.92 bits per heavy atom. The maximum atomic E-state index is 9.76. The normalized spacial score (nSPS) is 10.1. The maximum Gasteiger partial charge on any atom is 0.303 e. The van der Waals surface area contributed by atoms with Crippen molar-refractivity contribution in [1.82, 2.24) is 0 Å². The zero-order chi connectivity index (χ0) is 10.2. The van der Waals surface area contributed by atoms with Crippen molar-refractivity contribution < 1.29 is 15.0 Å². The highest BCUT2D eigenvalue weighted by Gasteiger charge is 1.98. The van der Waals surface area contributed by atoms with Crippen LogP contribution in [0.4, 0.5) is 0 Å². The number of carboxylic acids is 1. The monoisotopic (exact) mass is 177 g/mol. The van der Waals surface area contributed by atoms with Gasteiger partial charge in [0.2, 0.25) is 0 Å². The van der Waals surface area contributed by atoms with Gasteiger partial charge in [0.05, 0.1) is 0 Å². The number of unbranched alkanes of at least 4 members (excludes halogenated alkanes) is 1. The van der Waals surface area contributed by atoms with Crippen molar-refractivity contribution >= 4 is 5.97 Å². The smallest absolute Gasteiger partial charge is 0.303 e. The molecular weight excluding hydrogens is 158 g/mol. The summed E-state index contributed by atoms with van der Waals surface area (Å²) in [5.41, 5.74) is 3.91. The molecule has 0 fully saturated rings. The van der Waals surface area contributed by atoms with E-state index < -0.39 is 11.7 Å². The van der Waals surface area contributed by atoms with Gasteiger partial charge in [0.15, 0.2) is 0 Å². The lowest BCUT2D eigenvalue weighted by Gasteiger charge is -2.05. The average molecular weight is 177 g/mol. The first kappa shape index (κ1) is 13.9. The molecular formula is C8H19NO3. The third-order valence-electron chi connectivity index (χ3n) is 0.744. The average Bonchev–Trinajstić information content (AvgIpc) is 1.79. The van der Waals surface area contributed by atoms with Crippen LogP contribution in [-0.4, -0.2) is 21.9 Å². The van der Waals surface area contributed by atoms with Crippen LogP contribution >= 0.6 is 0 Å². The molecule has 0 atom stereocenters. The molecule has 0 heterocycles. The van der Waals surface area contributed by atoms with E-state index >= 15 is 0 Å². The molecule has 0 radical (unpaired) electrons. The number of carboxylic acid groups (broad SMARTS) is 1. The van der Waals surface area contributed by atoms with Crippen molar-refractivity contribution in [3.63, 3.8) is 0 Å². The topological polar surface area (TPSA) is 83.5 Å². The Morgan fingerprint density at radius 2 is 1.83 bits per heavy atom. The number of rotatable bonds is 3. The Balaban J connectivity index is 0. The van der Waals surface area contributed by atoms with Crippen molar-refractivity contribution in [1.29, 1.82) is 0 Å². The van der Waals surface area contributed by atoms with Crippen LogP contribution in [0.25, 0.3) is 0 Å². The predicted molar refractivity (Wildman–Crippen MR) is 47.6 cm³/mol. The van der Waals surface area contributed by atoms with Crippen LogP contribution in [0.5, 0.6) is 0 Å². The van der Waals surface area contributed by atoms with Crippen LogP contribution in [0.2, 0.25) is 0 Å². The second kappa shape index (κ2) is 7.06. The highest BCUT2D eigenvalue weighted by molar-refractivity contribution is 5.66. The molecule has 4 heteroatoms. The number of hydrogen-bond donors (Lipinski definition) is 3. The van der Waals surface area contributed by atoms with E-state index in [2.05, 4.69) is 0 Å². The van der Waals surface area contributed by atoms with Gasteiger partial charge < -0.3 is 15.9 Å². The molecule has 0 spiro atoms. The molecule has 0 amide bonds. The van der Waals surface area contributed by atoms with Crippen molar-refractivity contribution in [2.24, 2.45) is 5.73 Å². The third-order valence-corrected chi connectivity index (χ3v) is 0.744. The molecule has 0 aliphatic rings. The third kappa shape index (κ3) is 57.5. The Morgan fingerprint density at radius 1 is 1.50 bits per heavy atom. The summed E-state index contributed by atoms with van der Waals surface area (Å²) in [4.78, 5) is 9.76. The minimum atomic E-state index is -1.00. The van der Waals surface area contributed by atoms with E-state index in [0.717, 1.165) is 12.8 Å². The molecule has 4 nitrogen and oxygen atoms in total.